The number of guanidine groups is 1. The summed E-state index contributed by atoms with van der Waals surface area (Å²) in [5.74, 6) is 0.687. The maximum absolute atomic E-state index is 12.2. The Morgan fingerprint density at radius 2 is 1.84 bits per heavy atom. The van der Waals surface area contributed by atoms with Crippen molar-refractivity contribution in [3.8, 4) is 5.75 Å². The van der Waals surface area contributed by atoms with Crippen molar-refractivity contribution in [2.24, 2.45) is 16.6 Å². The molecule has 182 valence electrons. The number of aliphatic imine (C=N–C) groups is 1. The van der Waals surface area contributed by atoms with Crippen LogP contribution in [0.3, 0.4) is 0 Å². The quantitative estimate of drug-likeness (QED) is 0.174. The number of rotatable bonds is 10. The highest BCUT2D eigenvalue weighted by Crippen LogP contribution is 2.19. The number of benzene rings is 1. The van der Waals surface area contributed by atoms with Gasteiger partial charge in [-0.1, -0.05) is 12.1 Å². The second kappa shape index (κ2) is 14.4. The number of nitrogens with two attached hydrogens (primary N) is 1. The Balaban J connectivity index is 0.00000512. The molecule has 1 fully saturated rings. The third kappa shape index (κ3) is 11.2. The summed E-state index contributed by atoms with van der Waals surface area (Å²) in [5, 5.41) is 6.44. The van der Waals surface area contributed by atoms with Crippen molar-refractivity contribution >= 4 is 35.8 Å². The highest BCUT2D eigenvalue weighted by molar-refractivity contribution is 14.0. The van der Waals surface area contributed by atoms with E-state index in [1.165, 1.54) is 12.1 Å². The molecule has 0 unspecified atom stereocenters. The molecule has 0 radical (unpaired) electrons. The van der Waals surface area contributed by atoms with Gasteiger partial charge in [0.05, 0.1) is 0 Å². The van der Waals surface area contributed by atoms with E-state index in [9.17, 15) is 18.0 Å². The number of carbonyl (C=O) groups is 1. The van der Waals surface area contributed by atoms with Crippen LogP contribution in [0.5, 0.6) is 5.75 Å². The average Bonchev–Trinajstić information content (AvgIpc) is 2.74. The van der Waals surface area contributed by atoms with Crippen molar-refractivity contribution < 1.29 is 22.7 Å². The summed E-state index contributed by atoms with van der Waals surface area (Å²) in [4.78, 5) is 17.8. The zero-order valence-corrected chi connectivity index (χ0v) is 20.6. The fourth-order valence-corrected chi connectivity index (χ4v) is 3.38. The van der Waals surface area contributed by atoms with E-state index in [1.54, 1.807) is 19.2 Å². The highest BCUT2D eigenvalue weighted by atomic mass is 127. The van der Waals surface area contributed by atoms with Crippen molar-refractivity contribution in [3.63, 3.8) is 0 Å². The lowest BCUT2D eigenvalue weighted by molar-refractivity contribution is -0.153. The average molecular weight is 571 g/mol. The number of hydrogen-bond donors (Lipinski definition) is 3. The zero-order chi connectivity index (χ0) is 22.7. The van der Waals surface area contributed by atoms with Crippen molar-refractivity contribution in [2.45, 2.75) is 38.4 Å². The maximum atomic E-state index is 12.2. The number of alkyl halides is 3. The Morgan fingerprint density at radius 3 is 2.41 bits per heavy atom. The van der Waals surface area contributed by atoms with Crippen molar-refractivity contribution in [3.05, 3.63) is 29.8 Å². The number of primary amides is 1. The summed E-state index contributed by atoms with van der Waals surface area (Å²) in [6, 6.07) is 6.47. The van der Waals surface area contributed by atoms with Gasteiger partial charge in [0.2, 0.25) is 5.91 Å². The minimum Gasteiger partial charge on any atom is -0.484 e. The molecule has 32 heavy (non-hydrogen) atoms. The topological polar surface area (TPSA) is 92.0 Å². The zero-order valence-electron chi connectivity index (χ0n) is 18.3. The van der Waals surface area contributed by atoms with Gasteiger partial charge in [-0.05, 0) is 63.0 Å². The second-order valence-corrected chi connectivity index (χ2v) is 7.63. The van der Waals surface area contributed by atoms with Crippen LogP contribution >= 0.6 is 24.0 Å². The summed E-state index contributed by atoms with van der Waals surface area (Å²) in [5.41, 5.74) is 6.27. The molecule has 0 saturated carbocycles. The number of likely N-dealkylation sites (tertiary alicyclic amines) is 1. The molecule has 1 aliphatic heterocycles. The van der Waals surface area contributed by atoms with Crippen LogP contribution in [0.4, 0.5) is 13.2 Å². The molecule has 1 aromatic rings. The van der Waals surface area contributed by atoms with Gasteiger partial charge in [0, 0.05) is 26.1 Å². The molecule has 0 aliphatic carbocycles. The Morgan fingerprint density at radius 1 is 1.19 bits per heavy atom. The van der Waals surface area contributed by atoms with Gasteiger partial charge in [-0.2, -0.15) is 13.2 Å². The lowest BCUT2D eigenvalue weighted by atomic mass is 9.96. The summed E-state index contributed by atoms with van der Waals surface area (Å²) in [6.45, 7) is 2.82. The maximum Gasteiger partial charge on any atom is 0.422 e. The molecular weight excluding hydrogens is 538 g/mol. The van der Waals surface area contributed by atoms with Gasteiger partial charge in [-0.25, -0.2) is 0 Å². The first-order valence-corrected chi connectivity index (χ1v) is 10.5. The van der Waals surface area contributed by atoms with Crippen LogP contribution in [0, 0.1) is 5.92 Å². The SMILES string of the molecule is CN=C(NCCCCN1CCC(C(N)=O)CC1)NCc1ccc(OCC(F)(F)F)cc1.I. The van der Waals surface area contributed by atoms with Crippen LogP contribution in [-0.2, 0) is 11.3 Å². The van der Waals surface area contributed by atoms with E-state index in [1.807, 2.05) is 0 Å². The van der Waals surface area contributed by atoms with E-state index < -0.39 is 12.8 Å². The summed E-state index contributed by atoms with van der Waals surface area (Å²) >= 11 is 0. The summed E-state index contributed by atoms with van der Waals surface area (Å²) < 4.78 is 41.2. The van der Waals surface area contributed by atoms with Gasteiger partial charge in [-0.15, -0.1) is 24.0 Å². The molecule has 0 spiro atoms. The van der Waals surface area contributed by atoms with Gasteiger partial charge in [0.15, 0.2) is 12.6 Å². The summed E-state index contributed by atoms with van der Waals surface area (Å²) in [6.07, 6.45) is -0.619. The van der Waals surface area contributed by atoms with Gasteiger partial charge < -0.3 is 26.0 Å². The molecule has 7 nitrogen and oxygen atoms in total. The van der Waals surface area contributed by atoms with Crippen molar-refractivity contribution in [2.75, 3.05) is 39.8 Å². The Hall–Kier alpha value is -1.76. The molecule has 11 heteroatoms. The molecule has 1 amide bonds. The minimum atomic E-state index is -4.35. The predicted octanol–water partition coefficient (Wildman–Crippen LogP) is 2.89. The van der Waals surface area contributed by atoms with E-state index in [0.29, 0.717) is 12.5 Å². The number of carbonyl (C=O) groups excluding carboxylic acids is 1. The monoisotopic (exact) mass is 571 g/mol. The Bertz CT molecular complexity index is 708. The molecular formula is C21H33F3IN5O2. The van der Waals surface area contributed by atoms with Crippen LogP contribution in [0.1, 0.15) is 31.2 Å². The number of nitrogens with zero attached hydrogens (tertiary/aromatic N) is 2. The third-order valence-electron chi connectivity index (χ3n) is 5.19. The van der Waals surface area contributed by atoms with E-state index in [0.717, 1.165) is 57.4 Å². The fourth-order valence-electron chi connectivity index (χ4n) is 3.38. The molecule has 2 rings (SSSR count). The van der Waals surface area contributed by atoms with Gasteiger partial charge in [0.25, 0.3) is 0 Å². The molecule has 0 bridgehead atoms. The van der Waals surface area contributed by atoms with Gasteiger partial charge in [0.1, 0.15) is 5.75 Å². The number of piperidine rings is 1. The second-order valence-electron chi connectivity index (χ2n) is 7.63. The van der Waals surface area contributed by atoms with Gasteiger partial charge >= 0.3 is 6.18 Å². The van der Waals surface area contributed by atoms with Crippen LogP contribution in [0.15, 0.2) is 29.3 Å². The Labute approximate surface area is 204 Å². The van der Waals surface area contributed by atoms with E-state index in [-0.39, 0.29) is 41.6 Å². The molecule has 1 aromatic carbocycles. The minimum absolute atomic E-state index is 0. The number of amides is 1. The van der Waals surface area contributed by atoms with Crippen LogP contribution < -0.4 is 21.1 Å². The van der Waals surface area contributed by atoms with Crippen molar-refractivity contribution in [1.29, 1.82) is 0 Å². The largest absolute Gasteiger partial charge is 0.484 e. The predicted molar refractivity (Wildman–Crippen MR) is 129 cm³/mol. The van der Waals surface area contributed by atoms with Crippen LogP contribution in [-0.4, -0.2) is 62.8 Å². The molecule has 1 aliphatic rings. The first-order valence-electron chi connectivity index (χ1n) is 10.5. The van der Waals surface area contributed by atoms with E-state index in [2.05, 4.69) is 20.5 Å². The standard InChI is InChI=1S/C21H32F3N5O2.HI/c1-26-20(27-10-2-3-11-29-12-8-17(9-13-29)19(25)30)28-14-16-4-6-18(7-5-16)31-15-21(22,23)24;/h4-7,17H,2-3,8-15H2,1H3,(H2,25,30)(H2,26,27,28);1H. The number of halogens is 4. The first-order chi connectivity index (χ1) is 14.8. The van der Waals surface area contributed by atoms with E-state index in [4.69, 9.17) is 10.5 Å². The molecule has 1 heterocycles. The fraction of sp³-hybridized carbons (Fsp3) is 0.619. The lowest BCUT2D eigenvalue weighted by Gasteiger charge is -2.30. The van der Waals surface area contributed by atoms with Crippen LogP contribution in [0.25, 0.3) is 0 Å². The number of unbranched alkanes of at least 4 members (excludes halogenated alkanes) is 1. The number of nitrogens with one attached hydrogen (secondary N) is 2. The highest BCUT2D eigenvalue weighted by Gasteiger charge is 2.28. The molecule has 0 aromatic heterocycles. The van der Waals surface area contributed by atoms with E-state index >= 15 is 0 Å². The van der Waals surface area contributed by atoms with Gasteiger partial charge in [-0.3, -0.25) is 9.79 Å². The molecule has 0 atom stereocenters. The number of ether oxygens (including phenoxy) is 1. The van der Waals surface area contributed by atoms with Crippen LogP contribution in [0.2, 0.25) is 0 Å². The lowest BCUT2D eigenvalue weighted by Crippen LogP contribution is -2.39. The summed E-state index contributed by atoms with van der Waals surface area (Å²) in [7, 11) is 1.69. The molecule has 1 saturated heterocycles. The van der Waals surface area contributed by atoms with Crippen molar-refractivity contribution in [1.82, 2.24) is 15.5 Å². The smallest absolute Gasteiger partial charge is 0.422 e. The number of hydrogen-bond acceptors (Lipinski definition) is 4. The third-order valence-corrected chi connectivity index (χ3v) is 5.19. The molecule has 4 N–H and O–H groups in total. The normalized spacial score (nSPS) is 15.7. The Kier molecular flexibility index (Phi) is 12.7. The first kappa shape index (κ1) is 28.3.